The van der Waals surface area contributed by atoms with Crippen molar-refractivity contribution in [2.75, 3.05) is 105 Å². The first-order valence-electron chi connectivity index (χ1n) is 8.90. The van der Waals surface area contributed by atoms with E-state index in [-0.39, 0.29) is 23.0 Å². The maximum Gasteiger partial charge on any atom is 0.152 e. The molecule has 0 aromatic heterocycles. The first-order valence-corrected chi connectivity index (χ1v) is 12.5. The summed E-state index contributed by atoms with van der Waals surface area (Å²) in [4.78, 5) is 7.97. The molecule has 0 heterocycles. The zero-order chi connectivity index (χ0) is 20.4. The van der Waals surface area contributed by atoms with Gasteiger partial charge >= 0.3 is 0 Å². The molecule has 0 N–H and O–H groups in total. The topological polar surface area (TPSA) is 81.2 Å². The van der Waals surface area contributed by atoms with Gasteiger partial charge in [0.2, 0.25) is 0 Å². The SMILES string of the molecule is CN(C)CCN(C)CCS(=O)(=O)CCS(=O)(=O)CCN(C)CCN(C)C. The Balaban J connectivity index is 4.22. The third-order valence-corrected chi connectivity index (χ3v) is 7.65. The van der Waals surface area contributed by atoms with E-state index in [1.165, 1.54) is 0 Å². The summed E-state index contributed by atoms with van der Waals surface area (Å²) < 4.78 is 48.5. The molecule has 0 radical (unpaired) electrons. The first kappa shape index (κ1) is 25.7. The van der Waals surface area contributed by atoms with Crippen LogP contribution in [0.4, 0.5) is 0 Å². The fourth-order valence-corrected chi connectivity index (χ4v) is 5.63. The maximum atomic E-state index is 12.1. The van der Waals surface area contributed by atoms with Crippen molar-refractivity contribution in [2.24, 2.45) is 0 Å². The summed E-state index contributed by atoms with van der Waals surface area (Å²) >= 11 is 0. The van der Waals surface area contributed by atoms with Gasteiger partial charge in [-0.3, -0.25) is 0 Å². The summed E-state index contributed by atoms with van der Waals surface area (Å²) in [7, 11) is 4.89. The Bertz CT molecular complexity index is 525. The standard InChI is InChI=1S/C16H38N4O4S2/c1-17(2)7-9-19(5)11-13-25(21,22)15-16-26(23,24)14-12-20(6)10-8-18(3)4/h7-16H2,1-6H3. The lowest BCUT2D eigenvalue weighted by Crippen LogP contribution is -2.34. The monoisotopic (exact) mass is 414 g/mol. The molecule has 0 fully saturated rings. The second kappa shape index (κ2) is 12.2. The molecule has 0 aliphatic carbocycles. The van der Waals surface area contributed by atoms with Crippen molar-refractivity contribution in [3.63, 3.8) is 0 Å². The molecule has 158 valence electrons. The first-order chi connectivity index (χ1) is 11.8. The fraction of sp³-hybridized carbons (Fsp3) is 1.00. The van der Waals surface area contributed by atoms with Gasteiger partial charge in [0.15, 0.2) is 19.7 Å². The molecule has 0 saturated carbocycles. The van der Waals surface area contributed by atoms with E-state index in [1.54, 1.807) is 0 Å². The number of nitrogens with zero attached hydrogens (tertiary/aromatic N) is 4. The van der Waals surface area contributed by atoms with Crippen molar-refractivity contribution in [2.45, 2.75) is 0 Å². The normalized spacial score (nSPS) is 13.5. The molecule has 0 bridgehead atoms. The smallest absolute Gasteiger partial charge is 0.152 e. The van der Waals surface area contributed by atoms with Crippen molar-refractivity contribution < 1.29 is 16.8 Å². The van der Waals surface area contributed by atoms with E-state index < -0.39 is 19.7 Å². The van der Waals surface area contributed by atoms with Crippen LogP contribution in [0.1, 0.15) is 0 Å². The van der Waals surface area contributed by atoms with E-state index in [0.29, 0.717) is 13.1 Å². The summed E-state index contributed by atoms with van der Waals surface area (Å²) in [6.45, 7) is 4.10. The van der Waals surface area contributed by atoms with Crippen molar-refractivity contribution >= 4 is 19.7 Å². The van der Waals surface area contributed by atoms with Gasteiger partial charge < -0.3 is 19.6 Å². The van der Waals surface area contributed by atoms with E-state index in [0.717, 1.165) is 26.2 Å². The Morgan fingerprint density at radius 1 is 0.462 bits per heavy atom. The van der Waals surface area contributed by atoms with E-state index >= 15 is 0 Å². The lowest BCUT2D eigenvalue weighted by Gasteiger charge is -2.19. The Kier molecular flexibility index (Phi) is 12.1. The van der Waals surface area contributed by atoms with Gasteiger partial charge in [0, 0.05) is 39.3 Å². The van der Waals surface area contributed by atoms with Gasteiger partial charge in [0.05, 0.1) is 23.0 Å². The molecule has 0 rings (SSSR count). The molecule has 26 heavy (non-hydrogen) atoms. The highest BCUT2D eigenvalue weighted by molar-refractivity contribution is 7.95. The molecule has 0 atom stereocenters. The van der Waals surface area contributed by atoms with Crippen LogP contribution in [0.3, 0.4) is 0 Å². The Labute approximate surface area is 161 Å². The van der Waals surface area contributed by atoms with Crippen molar-refractivity contribution in [1.82, 2.24) is 19.6 Å². The quantitative estimate of drug-likeness (QED) is 0.331. The Morgan fingerprint density at radius 2 is 0.769 bits per heavy atom. The molecule has 0 aliphatic heterocycles. The molecule has 0 saturated heterocycles. The van der Waals surface area contributed by atoms with Crippen LogP contribution in [0.5, 0.6) is 0 Å². The minimum absolute atomic E-state index is 0.00478. The number of sulfone groups is 2. The van der Waals surface area contributed by atoms with Gasteiger partial charge in [0.25, 0.3) is 0 Å². The number of hydrogen-bond donors (Lipinski definition) is 0. The third kappa shape index (κ3) is 14.9. The van der Waals surface area contributed by atoms with Gasteiger partial charge in [-0.1, -0.05) is 0 Å². The van der Waals surface area contributed by atoms with Crippen molar-refractivity contribution in [3.05, 3.63) is 0 Å². The van der Waals surface area contributed by atoms with Gasteiger partial charge in [-0.2, -0.15) is 0 Å². The molecule has 0 aromatic rings. The maximum absolute atomic E-state index is 12.1. The van der Waals surface area contributed by atoms with E-state index in [1.807, 2.05) is 61.9 Å². The predicted molar refractivity (Wildman–Crippen MR) is 109 cm³/mol. The molecular formula is C16H38N4O4S2. The minimum atomic E-state index is -3.36. The van der Waals surface area contributed by atoms with E-state index in [9.17, 15) is 16.8 Å². The van der Waals surface area contributed by atoms with Crippen LogP contribution >= 0.6 is 0 Å². The van der Waals surface area contributed by atoms with Crippen LogP contribution in [0.15, 0.2) is 0 Å². The second-order valence-corrected chi connectivity index (χ2v) is 12.1. The summed E-state index contributed by atoms with van der Waals surface area (Å²) in [6.07, 6.45) is 0. The number of hydrogen-bond acceptors (Lipinski definition) is 8. The summed E-state index contributed by atoms with van der Waals surface area (Å²) in [5, 5.41) is 0. The van der Waals surface area contributed by atoms with Gasteiger partial charge in [0.1, 0.15) is 0 Å². The summed E-state index contributed by atoms with van der Waals surface area (Å²) in [5.74, 6) is -0.596. The number of likely N-dealkylation sites (N-methyl/N-ethyl adjacent to an activating group) is 4. The average Bonchev–Trinajstić information content (AvgIpc) is 2.53. The highest BCUT2D eigenvalue weighted by Crippen LogP contribution is 1.99. The van der Waals surface area contributed by atoms with Gasteiger partial charge in [-0.15, -0.1) is 0 Å². The van der Waals surface area contributed by atoms with Gasteiger partial charge in [-0.05, 0) is 42.3 Å². The average molecular weight is 415 g/mol. The molecule has 0 spiro atoms. The highest BCUT2D eigenvalue weighted by Gasteiger charge is 2.19. The van der Waals surface area contributed by atoms with Crippen molar-refractivity contribution in [1.29, 1.82) is 0 Å². The lowest BCUT2D eigenvalue weighted by atomic mass is 10.5. The summed E-state index contributed by atoms with van der Waals surface area (Å²) in [5.41, 5.74) is 0. The zero-order valence-electron chi connectivity index (χ0n) is 17.3. The van der Waals surface area contributed by atoms with E-state index in [2.05, 4.69) is 0 Å². The van der Waals surface area contributed by atoms with Crippen LogP contribution in [-0.2, 0) is 19.7 Å². The molecule has 8 nitrogen and oxygen atoms in total. The van der Waals surface area contributed by atoms with Crippen LogP contribution in [-0.4, -0.2) is 141 Å². The van der Waals surface area contributed by atoms with Crippen LogP contribution in [0, 0.1) is 0 Å². The molecular weight excluding hydrogens is 376 g/mol. The largest absolute Gasteiger partial charge is 0.308 e. The second-order valence-electron chi connectivity index (χ2n) is 7.52. The van der Waals surface area contributed by atoms with Crippen molar-refractivity contribution in [3.8, 4) is 0 Å². The third-order valence-electron chi connectivity index (χ3n) is 4.13. The fourth-order valence-electron chi connectivity index (χ4n) is 2.01. The molecule has 0 aliphatic rings. The van der Waals surface area contributed by atoms with Crippen LogP contribution < -0.4 is 0 Å². The lowest BCUT2D eigenvalue weighted by molar-refractivity contribution is 0.293. The van der Waals surface area contributed by atoms with E-state index in [4.69, 9.17) is 0 Å². The number of rotatable bonds is 15. The predicted octanol–water partition coefficient (Wildman–Crippen LogP) is -1.20. The molecule has 10 heteroatoms. The summed E-state index contributed by atoms with van der Waals surface area (Å²) in [6, 6.07) is 0. The van der Waals surface area contributed by atoms with Crippen LogP contribution in [0.2, 0.25) is 0 Å². The molecule has 0 amide bonds. The molecule has 0 unspecified atom stereocenters. The Morgan fingerprint density at radius 3 is 1.04 bits per heavy atom. The highest BCUT2D eigenvalue weighted by atomic mass is 32.2. The van der Waals surface area contributed by atoms with Gasteiger partial charge in [-0.25, -0.2) is 16.8 Å². The minimum Gasteiger partial charge on any atom is -0.308 e. The van der Waals surface area contributed by atoms with Crippen LogP contribution in [0.25, 0.3) is 0 Å². The zero-order valence-corrected chi connectivity index (χ0v) is 18.9. The molecule has 0 aromatic carbocycles. The Hall–Kier alpha value is -0.260.